The molecule has 0 bridgehead atoms. The molecule has 0 radical (unpaired) electrons. The van der Waals surface area contributed by atoms with Crippen LogP contribution in [0.3, 0.4) is 0 Å². The first-order valence-corrected chi connectivity index (χ1v) is 6.60. The zero-order valence-corrected chi connectivity index (χ0v) is 10.8. The summed E-state index contributed by atoms with van der Waals surface area (Å²) in [5.41, 5.74) is 5.40. The van der Waals surface area contributed by atoms with E-state index < -0.39 is 17.4 Å². The molecule has 0 spiro atoms. The van der Waals surface area contributed by atoms with Crippen LogP contribution in [0.5, 0.6) is 0 Å². The highest BCUT2D eigenvalue weighted by Crippen LogP contribution is 2.17. The second-order valence-corrected chi connectivity index (χ2v) is 4.91. The zero-order valence-electron chi connectivity index (χ0n) is 10.0. The number of hydrogen-bond acceptors (Lipinski definition) is 4. The molecule has 0 fully saturated rings. The van der Waals surface area contributed by atoms with Crippen molar-refractivity contribution in [3.63, 3.8) is 0 Å². The van der Waals surface area contributed by atoms with E-state index >= 15 is 0 Å². The van der Waals surface area contributed by atoms with Crippen molar-refractivity contribution in [3.8, 4) is 0 Å². The fourth-order valence-corrected chi connectivity index (χ4v) is 2.45. The molecular formula is C13H12F2N2OS. The molecule has 0 aliphatic carbocycles. The second-order valence-electron chi connectivity index (χ2n) is 3.97. The lowest BCUT2D eigenvalue weighted by atomic mass is 10.1. The summed E-state index contributed by atoms with van der Waals surface area (Å²) in [5, 5.41) is 2.34. The predicted octanol–water partition coefficient (Wildman–Crippen LogP) is 2.35. The van der Waals surface area contributed by atoms with Crippen molar-refractivity contribution in [1.29, 1.82) is 0 Å². The first-order valence-electron chi connectivity index (χ1n) is 5.72. The van der Waals surface area contributed by atoms with E-state index in [-0.39, 0.29) is 17.7 Å². The molecule has 0 aliphatic heterocycles. The summed E-state index contributed by atoms with van der Waals surface area (Å²) in [5.74, 6) is -1.83. The van der Waals surface area contributed by atoms with Crippen LogP contribution in [0.25, 0.3) is 0 Å². The van der Waals surface area contributed by atoms with E-state index in [0.29, 0.717) is 13.0 Å². The number of rotatable bonds is 5. The molecular weight excluding hydrogens is 270 g/mol. The zero-order chi connectivity index (χ0) is 13.8. The first kappa shape index (κ1) is 13.8. The molecule has 19 heavy (non-hydrogen) atoms. The normalized spacial score (nSPS) is 10.7. The monoisotopic (exact) mass is 282 g/mol. The van der Waals surface area contributed by atoms with Crippen molar-refractivity contribution >= 4 is 17.1 Å². The number of thiazole rings is 1. The SMILES string of the molecule is NCCc1nc(C(=O)Cc2c(F)cccc2F)cs1. The lowest BCUT2D eigenvalue weighted by molar-refractivity contribution is 0.0986. The van der Waals surface area contributed by atoms with Gasteiger partial charge in [0.15, 0.2) is 5.78 Å². The summed E-state index contributed by atoms with van der Waals surface area (Å²) >= 11 is 1.32. The third-order valence-corrected chi connectivity index (χ3v) is 3.50. The maximum Gasteiger partial charge on any atom is 0.186 e. The van der Waals surface area contributed by atoms with Gasteiger partial charge in [0.25, 0.3) is 0 Å². The molecule has 6 heteroatoms. The average Bonchev–Trinajstić information content (AvgIpc) is 2.83. The molecule has 1 aromatic heterocycles. The number of Topliss-reactive ketones (excluding diaryl/α,β-unsaturated/α-hetero) is 1. The van der Waals surface area contributed by atoms with Crippen LogP contribution in [0.1, 0.15) is 21.1 Å². The Hall–Kier alpha value is -1.66. The number of benzene rings is 1. The maximum absolute atomic E-state index is 13.4. The summed E-state index contributed by atoms with van der Waals surface area (Å²) in [6.07, 6.45) is 0.260. The van der Waals surface area contributed by atoms with Gasteiger partial charge >= 0.3 is 0 Å². The Morgan fingerprint density at radius 2 is 2.00 bits per heavy atom. The summed E-state index contributed by atoms with van der Waals surface area (Å²) in [6.45, 7) is 0.448. The molecule has 0 unspecified atom stereocenters. The maximum atomic E-state index is 13.4. The van der Waals surface area contributed by atoms with Gasteiger partial charge in [-0.05, 0) is 18.7 Å². The van der Waals surface area contributed by atoms with Gasteiger partial charge in [-0.2, -0.15) is 0 Å². The van der Waals surface area contributed by atoms with E-state index in [1.54, 1.807) is 5.38 Å². The predicted molar refractivity (Wildman–Crippen MR) is 69.3 cm³/mol. The largest absolute Gasteiger partial charge is 0.330 e. The molecule has 0 saturated carbocycles. The lowest BCUT2D eigenvalue weighted by Crippen LogP contribution is -2.08. The minimum absolute atomic E-state index is 0.221. The number of halogens is 2. The smallest absolute Gasteiger partial charge is 0.186 e. The third kappa shape index (κ3) is 3.21. The van der Waals surface area contributed by atoms with Gasteiger partial charge in [-0.15, -0.1) is 11.3 Å². The van der Waals surface area contributed by atoms with Crippen LogP contribution in [-0.2, 0) is 12.8 Å². The molecule has 0 saturated heterocycles. The van der Waals surface area contributed by atoms with E-state index in [0.717, 1.165) is 17.1 Å². The molecule has 0 aliphatic rings. The number of ketones is 1. The van der Waals surface area contributed by atoms with E-state index in [1.165, 1.54) is 17.4 Å². The Labute approximate surface area is 113 Å². The van der Waals surface area contributed by atoms with Gasteiger partial charge < -0.3 is 5.73 Å². The number of aromatic nitrogens is 1. The third-order valence-electron chi connectivity index (χ3n) is 2.59. The Morgan fingerprint density at radius 3 is 2.63 bits per heavy atom. The van der Waals surface area contributed by atoms with Crippen LogP contribution in [0.2, 0.25) is 0 Å². The van der Waals surface area contributed by atoms with Gasteiger partial charge in [0.1, 0.15) is 17.3 Å². The topological polar surface area (TPSA) is 56.0 Å². The first-order chi connectivity index (χ1) is 9.11. The summed E-state index contributed by atoms with van der Waals surface area (Å²) in [6, 6.07) is 3.53. The number of hydrogen-bond donors (Lipinski definition) is 1. The van der Waals surface area contributed by atoms with Crippen molar-refractivity contribution in [3.05, 3.63) is 51.5 Å². The number of nitrogens with two attached hydrogens (primary N) is 1. The second kappa shape index (κ2) is 5.99. The lowest BCUT2D eigenvalue weighted by Gasteiger charge is -2.02. The molecule has 2 aromatic rings. The van der Waals surface area contributed by atoms with Crippen molar-refractivity contribution in [1.82, 2.24) is 4.98 Å². The number of carbonyl (C=O) groups excluding carboxylic acids is 1. The molecule has 2 rings (SSSR count). The van der Waals surface area contributed by atoms with Crippen molar-refractivity contribution in [2.45, 2.75) is 12.8 Å². The van der Waals surface area contributed by atoms with Gasteiger partial charge in [0, 0.05) is 23.8 Å². The van der Waals surface area contributed by atoms with Crippen LogP contribution in [0.4, 0.5) is 8.78 Å². The van der Waals surface area contributed by atoms with Crippen LogP contribution < -0.4 is 5.73 Å². The standard InChI is InChI=1S/C13H12F2N2OS/c14-9-2-1-3-10(15)8(9)6-12(18)11-7-19-13(17-11)4-5-16/h1-3,7H,4-6,16H2. The van der Waals surface area contributed by atoms with Gasteiger partial charge in [-0.25, -0.2) is 13.8 Å². The Balaban J connectivity index is 2.16. The molecule has 1 aromatic carbocycles. The molecule has 0 amide bonds. The van der Waals surface area contributed by atoms with Crippen molar-refractivity contribution in [2.75, 3.05) is 6.54 Å². The van der Waals surface area contributed by atoms with E-state index in [1.807, 2.05) is 0 Å². The fourth-order valence-electron chi connectivity index (χ4n) is 1.63. The Kier molecular flexibility index (Phi) is 4.34. The van der Waals surface area contributed by atoms with Crippen molar-refractivity contribution < 1.29 is 13.6 Å². The van der Waals surface area contributed by atoms with E-state index in [4.69, 9.17) is 5.73 Å². The number of nitrogens with zero attached hydrogens (tertiary/aromatic N) is 1. The molecule has 2 N–H and O–H groups in total. The van der Waals surface area contributed by atoms with Crippen molar-refractivity contribution in [2.24, 2.45) is 5.73 Å². The van der Waals surface area contributed by atoms with Gasteiger partial charge in [-0.1, -0.05) is 6.07 Å². The van der Waals surface area contributed by atoms with Gasteiger partial charge in [0.2, 0.25) is 0 Å². The minimum Gasteiger partial charge on any atom is -0.330 e. The minimum atomic E-state index is -0.717. The van der Waals surface area contributed by atoms with E-state index in [2.05, 4.69) is 4.98 Å². The summed E-state index contributed by atoms with van der Waals surface area (Å²) in [7, 11) is 0. The number of carbonyl (C=O) groups is 1. The summed E-state index contributed by atoms with van der Waals surface area (Å²) in [4.78, 5) is 16.0. The van der Waals surface area contributed by atoms with Crippen LogP contribution in [0, 0.1) is 11.6 Å². The van der Waals surface area contributed by atoms with Crippen LogP contribution in [-0.4, -0.2) is 17.3 Å². The summed E-state index contributed by atoms with van der Waals surface area (Å²) < 4.78 is 26.9. The van der Waals surface area contributed by atoms with Gasteiger partial charge in [0.05, 0.1) is 5.01 Å². The fraction of sp³-hybridized carbons (Fsp3) is 0.231. The highest BCUT2D eigenvalue weighted by molar-refractivity contribution is 7.09. The van der Waals surface area contributed by atoms with Crippen LogP contribution >= 0.6 is 11.3 Å². The van der Waals surface area contributed by atoms with E-state index in [9.17, 15) is 13.6 Å². The Bertz CT molecular complexity index is 578. The molecule has 100 valence electrons. The van der Waals surface area contributed by atoms with Gasteiger partial charge in [-0.3, -0.25) is 4.79 Å². The molecule has 0 atom stereocenters. The molecule has 3 nitrogen and oxygen atoms in total. The molecule has 1 heterocycles. The average molecular weight is 282 g/mol. The highest BCUT2D eigenvalue weighted by Gasteiger charge is 2.16. The highest BCUT2D eigenvalue weighted by atomic mass is 32.1. The Morgan fingerprint density at radius 1 is 1.32 bits per heavy atom. The quantitative estimate of drug-likeness (QED) is 0.856. The van der Waals surface area contributed by atoms with Crippen LogP contribution in [0.15, 0.2) is 23.6 Å².